The Hall–Kier alpha value is -7.95. The van der Waals surface area contributed by atoms with E-state index in [1.807, 2.05) is 36.4 Å². The van der Waals surface area contributed by atoms with Gasteiger partial charge in [0.05, 0.1) is 11.1 Å². The summed E-state index contributed by atoms with van der Waals surface area (Å²) in [4.78, 5) is 7.32. The number of para-hydroxylation sites is 2. The minimum atomic E-state index is -0.535. The maximum absolute atomic E-state index is 6.56. The predicted octanol–water partition coefficient (Wildman–Crippen LogP) is 14.9. The molecule has 1 aliphatic carbocycles. The van der Waals surface area contributed by atoms with Crippen LogP contribution >= 0.6 is 0 Å². The van der Waals surface area contributed by atoms with Crippen molar-refractivity contribution in [2.24, 2.45) is 0 Å². The van der Waals surface area contributed by atoms with Gasteiger partial charge in [0, 0.05) is 33.3 Å². The van der Waals surface area contributed by atoms with Crippen LogP contribution in [0.1, 0.15) is 22.3 Å². The molecule has 0 fully saturated rings. The Kier molecular flexibility index (Phi) is 7.72. The van der Waals surface area contributed by atoms with Gasteiger partial charge in [-0.15, -0.1) is 0 Å². The van der Waals surface area contributed by atoms with Gasteiger partial charge < -0.3 is 13.7 Å². The van der Waals surface area contributed by atoms with Gasteiger partial charge in [-0.25, -0.2) is 4.98 Å². The van der Waals surface area contributed by atoms with Crippen LogP contribution in [0.15, 0.2) is 227 Å². The van der Waals surface area contributed by atoms with Gasteiger partial charge in [0.15, 0.2) is 5.58 Å². The van der Waals surface area contributed by atoms with E-state index in [2.05, 4.69) is 187 Å². The average molecular weight is 769 g/mol. The molecule has 0 atom stereocenters. The third-order valence-electron chi connectivity index (χ3n) is 12.2. The normalized spacial score (nSPS) is 12.8. The van der Waals surface area contributed by atoms with Crippen molar-refractivity contribution in [1.29, 1.82) is 0 Å². The third-order valence-corrected chi connectivity index (χ3v) is 12.2. The van der Waals surface area contributed by atoms with E-state index in [0.29, 0.717) is 5.89 Å². The Morgan fingerprint density at radius 3 is 1.78 bits per heavy atom. The van der Waals surface area contributed by atoms with Gasteiger partial charge in [0.1, 0.15) is 16.7 Å². The monoisotopic (exact) mass is 768 g/mol. The lowest BCUT2D eigenvalue weighted by atomic mass is 9.68. The first-order chi connectivity index (χ1) is 29.8. The number of fused-ring (bicyclic) bond motifs is 7. The van der Waals surface area contributed by atoms with Gasteiger partial charge in [0.25, 0.3) is 0 Å². The summed E-state index contributed by atoms with van der Waals surface area (Å²) < 4.78 is 12.9. The van der Waals surface area contributed by atoms with Crippen LogP contribution in [0.25, 0.3) is 66.7 Å². The summed E-state index contributed by atoms with van der Waals surface area (Å²) in [6.07, 6.45) is 0. The van der Waals surface area contributed by atoms with Crippen LogP contribution in [0.5, 0.6) is 0 Å². The molecule has 0 radical (unpaired) electrons. The summed E-state index contributed by atoms with van der Waals surface area (Å²) in [5, 5.41) is 1.96. The highest BCUT2D eigenvalue weighted by atomic mass is 16.3. The number of furan rings is 1. The number of anilines is 3. The molecule has 12 rings (SSSR count). The van der Waals surface area contributed by atoms with Crippen molar-refractivity contribution in [1.82, 2.24) is 4.98 Å². The van der Waals surface area contributed by atoms with Crippen LogP contribution in [0.2, 0.25) is 0 Å². The fourth-order valence-electron chi connectivity index (χ4n) is 9.64. The highest BCUT2D eigenvalue weighted by molar-refractivity contribution is 6.13. The van der Waals surface area contributed by atoms with E-state index in [1.54, 1.807) is 0 Å². The lowest BCUT2D eigenvalue weighted by Crippen LogP contribution is -2.28. The zero-order valence-corrected chi connectivity index (χ0v) is 32.5. The second-order valence-electron chi connectivity index (χ2n) is 15.4. The van der Waals surface area contributed by atoms with Crippen LogP contribution in [0, 0.1) is 0 Å². The first kappa shape index (κ1) is 34.1. The van der Waals surface area contributed by atoms with Crippen molar-refractivity contribution in [2.45, 2.75) is 5.41 Å². The van der Waals surface area contributed by atoms with E-state index in [4.69, 9.17) is 13.8 Å². The zero-order chi connectivity index (χ0) is 39.6. The molecular weight excluding hydrogens is 733 g/mol. The predicted molar refractivity (Wildman–Crippen MR) is 244 cm³/mol. The summed E-state index contributed by atoms with van der Waals surface area (Å²) in [6.45, 7) is 0. The number of aromatic nitrogens is 1. The standard InChI is InChI=1S/C56H36N2O2/c1-4-16-37(17-5-1)38-30-32-41(33-31-38)58(42-34-35-50-45(36-42)53-44(23-14-29-52(53)59-50)55-57-48-26-12-13-28-51(48)60-55)49-27-15-25-47-54(49)43-22-10-11-24-46(43)56(47,39-18-6-2-7-19-39)40-20-8-3-9-21-40/h1-36H. The molecule has 2 heterocycles. The molecule has 0 aliphatic heterocycles. The molecule has 9 aromatic carbocycles. The minimum Gasteiger partial charge on any atom is -0.456 e. The Morgan fingerprint density at radius 1 is 0.417 bits per heavy atom. The Labute approximate surface area is 347 Å². The first-order valence-electron chi connectivity index (χ1n) is 20.4. The first-order valence-corrected chi connectivity index (χ1v) is 20.4. The molecule has 0 bridgehead atoms. The highest BCUT2D eigenvalue weighted by Gasteiger charge is 2.47. The molecule has 2 aromatic heterocycles. The summed E-state index contributed by atoms with van der Waals surface area (Å²) in [7, 11) is 0. The molecule has 0 amide bonds. The molecule has 0 saturated heterocycles. The third kappa shape index (κ3) is 5.14. The van der Waals surface area contributed by atoms with Crippen molar-refractivity contribution in [2.75, 3.05) is 4.90 Å². The Balaban J connectivity index is 1.13. The lowest BCUT2D eigenvalue weighted by molar-refractivity contribution is 0.620. The largest absolute Gasteiger partial charge is 0.456 e. The second kappa shape index (κ2) is 13.6. The number of hydrogen-bond donors (Lipinski definition) is 0. The SMILES string of the molecule is c1ccc(-c2ccc(N(c3ccc4oc5cccc(-c6nc7ccccc7o6)c5c4c3)c3cccc4c3-c3ccccc3C4(c3ccccc3)c3ccccc3)cc2)cc1. The molecule has 282 valence electrons. The van der Waals surface area contributed by atoms with Crippen molar-refractivity contribution >= 4 is 50.1 Å². The molecule has 1 aliphatic rings. The summed E-state index contributed by atoms with van der Waals surface area (Å²) >= 11 is 0. The van der Waals surface area contributed by atoms with Crippen LogP contribution < -0.4 is 4.90 Å². The average Bonchev–Trinajstić information content (AvgIpc) is 4.01. The minimum absolute atomic E-state index is 0.535. The molecule has 0 unspecified atom stereocenters. The fourth-order valence-corrected chi connectivity index (χ4v) is 9.64. The van der Waals surface area contributed by atoms with Crippen molar-refractivity contribution in [3.8, 4) is 33.7 Å². The molecule has 0 N–H and O–H groups in total. The number of hydrogen-bond acceptors (Lipinski definition) is 4. The van der Waals surface area contributed by atoms with E-state index in [0.717, 1.165) is 61.2 Å². The fraction of sp³-hybridized carbons (Fsp3) is 0.0179. The molecule has 4 heteroatoms. The molecule has 0 spiro atoms. The lowest BCUT2D eigenvalue weighted by Gasteiger charge is -2.34. The maximum Gasteiger partial charge on any atom is 0.228 e. The van der Waals surface area contributed by atoms with Crippen molar-refractivity contribution in [3.05, 3.63) is 241 Å². The van der Waals surface area contributed by atoms with Gasteiger partial charge in [0.2, 0.25) is 5.89 Å². The number of oxazole rings is 1. The number of nitrogens with zero attached hydrogens (tertiary/aromatic N) is 2. The number of rotatable bonds is 7. The molecule has 0 saturated carbocycles. The maximum atomic E-state index is 6.56. The van der Waals surface area contributed by atoms with Gasteiger partial charge in [-0.1, -0.05) is 158 Å². The van der Waals surface area contributed by atoms with Crippen LogP contribution in [0.4, 0.5) is 17.1 Å². The summed E-state index contributed by atoms with van der Waals surface area (Å²) in [6, 6.07) is 77.8. The number of benzene rings is 9. The zero-order valence-electron chi connectivity index (χ0n) is 32.5. The Bertz CT molecular complexity index is 3290. The van der Waals surface area contributed by atoms with E-state index in [1.165, 1.54) is 38.9 Å². The van der Waals surface area contributed by atoms with Crippen LogP contribution in [-0.2, 0) is 5.41 Å². The van der Waals surface area contributed by atoms with E-state index in [9.17, 15) is 0 Å². The van der Waals surface area contributed by atoms with Gasteiger partial charge >= 0.3 is 0 Å². The van der Waals surface area contributed by atoms with Gasteiger partial charge in [-0.2, -0.15) is 0 Å². The second-order valence-corrected chi connectivity index (χ2v) is 15.4. The van der Waals surface area contributed by atoms with Gasteiger partial charge in [-0.3, -0.25) is 0 Å². The van der Waals surface area contributed by atoms with Crippen molar-refractivity contribution < 1.29 is 8.83 Å². The molecule has 11 aromatic rings. The molecular formula is C56H36N2O2. The van der Waals surface area contributed by atoms with Gasteiger partial charge in [-0.05, 0) is 99.6 Å². The summed E-state index contributed by atoms with van der Waals surface area (Å²) in [5.41, 5.74) is 16.4. The van der Waals surface area contributed by atoms with E-state index in [-0.39, 0.29) is 0 Å². The molecule has 60 heavy (non-hydrogen) atoms. The van der Waals surface area contributed by atoms with E-state index >= 15 is 0 Å². The van der Waals surface area contributed by atoms with Crippen LogP contribution in [-0.4, -0.2) is 4.98 Å². The quantitative estimate of drug-likeness (QED) is 0.162. The Morgan fingerprint density at radius 2 is 1.02 bits per heavy atom. The van der Waals surface area contributed by atoms with Crippen LogP contribution in [0.3, 0.4) is 0 Å². The summed E-state index contributed by atoms with van der Waals surface area (Å²) in [5.74, 6) is 0.568. The topological polar surface area (TPSA) is 42.4 Å². The van der Waals surface area contributed by atoms with E-state index < -0.39 is 5.41 Å². The highest BCUT2D eigenvalue weighted by Crippen LogP contribution is 2.59. The van der Waals surface area contributed by atoms with Crippen molar-refractivity contribution in [3.63, 3.8) is 0 Å². The molecule has 4 nitrogen and oxygen atoms in total. The smallest absolute Gasteiger partial charge is 0.228 e.